The van der Waals surface area contributed by atoms with Crippen molar-refractivity contribution in [3.63, 3.8) is 0 Å². The molecule has 9 nitrogen and oxygen atoms in total. The fourth-order valence-electron chi connectivity index (χ4n) is 2.67. The minimum Gasteiger partial charge on any atom is -0.354 e. The number of imidazole rings is 2. The quantitative estimate of drug-likeness (QED) is 0.517. The molecule has 0 bridgehead atoms. The van der Waals surface area contributed by atoms with Crippen LogP contribution in [0.15, 0.2) is 24.8 Å². The first-order chi connectivity index (χ1) is 12.6. The van der Waals surface area contributed by atoms with Crippen LogP contribution in [0.25, 0.3) is 0 Å². The highest BCUT2D eigenvalue weighted by molar-refractivity contribution is 4.96. The Morgan fingerprint density at radius 1 is 0.808 bits per heavy atom. The van der Waals surface area contributed by atoms with Gasteiger partial charge >= 0.3 is 0 Å². The second-order valence-electron chi connectivity index (χ2n) is 5.97. The molecule has 0 aromatic carbocycles. The van der Waals surface area contributed by atoms with Crippen LogP contribution in [0, 0.1) is 0 Å². The molecule has 0 radical (unpaired) electrons. The standard InChI is InChI=1S/C17H29N5O4/c1-20(10-14-18-6-8-21(14)12-16(23-2)24-3)11-15-19-7-9-22(15)13-17(25-4)26-5/h6-9,16-17H,10-13H2,1-5H3. The average Bonchev–Trinajstić information content (AvgIpc) is 3.26. The third-order valence-electron chi connectivity index (χ3n) is 4.17. The number of rotatable bonds is 12. The van der Waals surface area contributed by atoms with Gasteiger partial charge in [0.15, 0.2) is 12.6 Å². The lowest BCUT2D eigenvalue weighted by Crippen LogP contribution is -2.27. The van der Waals surface area contributed by atoms with E-state index in [0.717, 1.165) is 11.6 Å². The van der Waals surface area contributed by atoms with Gasteiger partial charge in [-0.1, -0.05) is 0 Å². The van der Waals surface area contributed by atoms with Crippen molar-refractivity contribution in [1.29, 1.82) is 0 Å². The van der Waals surface area contributed by atoms with E-state index in [1.165, 1.54) is 0 Å². The van der Waals surface area contributed by atoms with Crippen LogP contribution in [-0.4, -0.2) is 72.1 Å². The fraction of sp³-hybridized carbons (Fsp3) is 0.647. The highest BCUT2D eigenvalue weighted by Crippen LogP contribution is 2.09. The summed E-state index contributed by atoms with van der Waals surface area (Å²) in [6.07, 6.45) is 6.83. The number of aromatic nitrogens is 4. The van der Waals surface area contributed by atoms with Gasteiger partial charge in [-0.2, -0.15) is 0 Å². The normalized spacial score (nSPS) is 12.0. The first-order valence-corrected chi connectivity index (χ1v) is 8.41. The zero-order chi connectivity index (χ0) is 18.9. The summed E-state index contributed by atoms with van der Waals surface area (Å²) in [6, 6.07) is 0. The van der Waals surface area contributed by atoms with Gasteiger partial charge in [-0.05, 0) is 7.05 Å². The average molecular weight is 367 g/mol. The minimum atomic E-state index is -0.299. The molecule has 2 heterocycles. The smallest absolute Gasteiger partial charge is 0.174 e. The Kier molecular flexibility index (Phi) is 8.20. The van der Waals surface area contributed by atoms with Crippen LogP contribution in [-0.2, 0) is 45.1 Å². The van der Waals surface area contributed by atoms with E-state index >= 15 is 0 Å². The molecule has 146 valence electrons. The van der Waals surface area contributed by atoms with Crippen LogP contribution in [0.2, 0.25) is 0 Å². The van der Waals surface area contributed by atoms with Crippen LogP contribution < -0.4 is 0 Å². The van der Waals surface area contributed by atoms with Gasteiger partial charge in [0.1, 0.15) is 11.6 Å². The third-order valence-corrected chi connectivity index (χ3v) is 4.17. The van der Waals surface area contributed by atoms with Gasteiger partial charge in [-0.15, -0.1) is 0 Å². The molecule has 0 spiro atoms. The molecule has 0 saturated heterocycles. The van der Waals surface area contributed by atoms with Gasteiger partial charge in [-0.25, -0.2) is 9.97 Å². The SMILES string of the molecule is COC(Cn1ccnc1CN(C)Cc1nccn1CC(OC)OC)OC. The molecule has 9 heteroatoms. The van der Waals surface area contributed by atoms with Crippen molar-refractivity contribution in [1.82, 2.24) is 24.0 Å². The van der Waals surface area contributed by atoms with Crippen molar-refractivity contribution in [2.24, 2.45) is 0 Å². The molecule has 2 aromatic heterocycles. The maximum absolute atomic E-state index is 5.27. The zero-order valence-electron chi connectivity index (χ0n) is 16.2. The summed E-state index contributed by atoms with van der Waals surface area (Å²) < 4.78 is 25.2. The topological polar surface area (TPSA) is 75.8 Å². The summed E-state index contributed by atoms with van der Waals surface area (Å²) in [5.74, 6) is 1.88. The van der Waals surface area contributed by atoms with Crippen molar-refractivity contribution in [2.45, 2.75) is 38.8 Å². The summed E-state index contributed by atoms with van der Waals surface area (Å²) in [7, 11) is 8.55. The Labute approximate surface area is 154 Å². The van der Waals surface area contributed by atoms with Gasteiger partial charge < -0.3 is 28.1 Å². The molecular formula is C17H29N5O4. The van der Waals surface area contributed by atoms with Crippen LogP contribution in [0.4, 0.5) is 0 Å². The first kappa shape index (κ1) is 20.5. The number of methoxy groups -OCH3 is 4. The molecule has 2 aromatic rings. The summed E-state index contributed by atoms with van der Waals surface area (Å²) in [6.45, 7) is 2.54. The van der Waals surface area contributed by atoms with E-state index in [0.29, 0.717) is 26.2 Å². The maximum atomic E-state index is 5.27. The molecule has 0 unspecified atom stereocenters. The monoisotopic (exact) mass is 367 g/mol. The summed E-state index contributed by atoms with van der Waals surface area (Å²) in [5, 5.41) is 0. The largest absolute Gasteiger partial charge is 0.354 e. The van der Waals surface area contributed by atoms with E-state index in [4.69, 9.17) is 18.9 Å². The molecular weight excluding hydrogens is 338 g/mol. The van der Waals surface area contributed by atoms with Crippen molar-refractivity contribution < 1.29 is 18.9 Å². The molecule has 0 N–H and O–H groups in total. The second kappa shape index (κ2) is 10.4. The number of hydrogen-bond acceptors (Lipinski definition) is 7. The predicted octanol–water partition coefficient (Wildman–Crippen LogP) is 0.949. The lowest BCUT2D eigenvalue weighted by Gasteiger charge is -2.20. The van der Waals surface area contributed by atoms with E-state index < -0.39 is 0 Å². The first-order valence-electron chi connectivity index (χ1n) is 8.41. The van der Waals surface area contributed by atoms with Gasteiger partial charge in [-0.3, -0.25) is 4.90 Å². The Morgan fingerprint density at radius 2 is 1.19 bits per heavy atom. The molecule has 0 saturated carbocycles. The van der Waals surface area contributed by atoms with E-state index in [1.807, 2.05) is 28.6 Å². The van der Waals surface area contributed by atoms with E-state index in [-0.39, 0.29) is 12.6 Å². The van der Waals surface area contributed by atoms with Crippen molar-refractivity contribution in [3.05, 3.63) is 36.4 Å². The van der Waals surface area contributed by atoms with E-state index in [1.54, 1.807) is 40.8 Å². The molecule has 0 aliphatic carbocycles. The molecule has 26 heavy (non-hydrogen) atoms. The zero-order valence-corrected chi connectivity index (χ0v) is 16.2. The van der Waals surface area contributed by atoms with Crippen LogP contribution in [0.1, 0.15) is 11.6 Å². The summed E-state index contributed by atoms with van der Waals surface area (Å²) >= 11 is 0. The number of ether oxygens (including phenoxy) is 4. The lowest BCUT2D eigenvalue weighted by molar-refractivity contribution is -0.111. The van der Waals surface area contributed by atoms with Crippen LogP contribution in [0.5, 0.6) is 0 Å². The molecule has 2 rings (SSSR count). The van der Waals surface area contributed by atoms with Gasteiger partial charge in [0.25, 0.3) is 0 Å². The van der Waals surface area contributed by atoms with Crippen LogP contribution in [0.3, 0.4) is 0 Å². The van der Waals surface area contributed by atoms with Gasteiger partial charge in [0, 0.05) is 53.2 Å². The molecule has 0 fully saturated rings. The van der Waals surface area contributed by atoms with E-state index in [9.17, 15) is 0 Å². The Morgan fingerprint density at radius 3 is 1.54 bits per heavy atom. The number of hydrogen-bond donors (Lipinski definition) is 0. The summed E-state index contributed by atoms with van der Waals surface area (Å²) in [4.78, 5) is 11.0. The van der Waals surface area contributed by atoms with Crippen molar-refractivity contribution >= 4 is 0 Å². The Bertz CT molecular complexity index is 582. The minimum absolute atomic E-state index is 0.299. The molecule has 0 atom stereocenters. The summed E-state index contributed by atoms with van der Waals surface area (Å²) in [5.41, 5.74) is 0. The highest BCUT2D eigenvalue weighted by atomic mass is 16.7. The van der Waals surface area contributed by atoms with Gasteiger partial charge in [0.2, 0.25) is 0 Å². The molecule has 0 aliphatic heterocycles. The van der Waals surface area contributed by atoms with Crippen molar-refractivity contribution in [2.75, 3.05) is 35.5 Å². The Balaban J connectivity index is 1.97. The van der Waals surface area contributed by atoms with Crippen molar-refractivity contribution in [3.8, 4) is 0 Å². The second-order valence-corrected chi connectivity index (χ2v) is 5.97. The highest BCUT2D eigenvalue weighted by Gasteiger charge is 2.15. The molecule has 0 aliphatic rings. The van der Waals surface area contributed by atoms with Gasteiger partial charge in [0.05, 0.1) is 26.2 Å². The van der Waals surface area contributed by atoms with Crippen LogP contribution >= 0.6 is 0 Å². The van der Waals surface area contributed by atoms with E-state index in [2.05, 4.69) is 14.9 Å². The fourth-order valence-corrected chi connectivity index (χ4v) is 2.67. The maximum Gasteiger partial charge on any atom is 0.174 e. The third kappa shape index (κ3) is 5.61. The molecule has 0 amide bonds. The Hall–Kier alpha value is -1.78. The number of nitrogens with zero attached hydrogens (tertiary/aromatic N) is 5. The predicted molar refractivity (Wildman–Crippen MR) is 95.2 cm³/mol. The lowest BCUT2D eigenvalue weighted by atomic mass is 10.4.